The summed E-state index contributed by atoms with van der Waals surface area (Å²) < 4.78 is 34.0. The smallest absolute Gasteiger partial charge is 0.308 e. The number of benzene rings is 2. The van der Waals surface area contributed by atoms with Crippen molar-refractivity contribution in [3.8, 4) is 5.75 Å². The Bertz CT molecular complexity index is 934. The Kier molecular flexibility index (Phi) is 8.12. The molecule has 2 aromatic carbocycles. The predicted octanol–water partition coefficient (Wildman–Crippen LogP) is 4.01. The van der Waals surface area contributed by atoms with E-state index in [2.05, 4.69) is 0 Å². The lowest BCUT2D eigenvalue weighted by Crippen LogP contribution is -2.34. The van der Waals surface area contributed by atoms with Crippen LogP contribution in [0, 0.1) is 0 Å². The topological polar surface area (TPSA) is 72.9 Å². The Hall–Kier alpha value is -1.80. The summed E-state index contributed by atoms with van der Waals surface area (Å²) in [6, 6.07) is 11.3. The van der Waals surface area contributed by atoms with Crippen LogP contribution in [0.15, 0.2) is 42.5 Å². The van der Waals surface area contributed by atoms with Gasteiger partial charge in [0.05, 0.1) is 22.9 Å². The molecular weight excluding hydrogens is 425 g/mol. The van der Waals surface area contributed by atoms with Gasteiger partial charge in [-0.15, -0.1) is 0 Å². The van der Waals surface area contributed by atoms with E-state index in [-0.39, 0.29) is 30.5 Å². The minimum absolute atomic E-state index is 0.0720. The van der Waals surface area contributed by atoms with Crippen LogP contribution in [0.2, 0.25) is 10.0 Å². The van der Waals surface area contributed by atoms with Crippen LogP contribution in [0.1, 0.15) is 22.8 Å². The second kappa shape index (κ2) is 10.1. The van der Waals surface area contributed by atoms with E-state index in [1.165, 1.54) is 31.1 Å². The maximum Gasteiger partial charge on any atom is 0.308 e. The molecule has 0 radical (unpaired) electrons. The van der Waals surface area contributed by atoms with Gasteiger partial charge in [-0.2, -0.15) is 8.42 Å². The van der Waals surface area contributed by atoms with Gasteiger partial charge in [-0.05, 0) is 37.3 Å². The first-order valence-electron chi connectivity index (χ1n) is 8.50. The lowest BCUT2D eigenvalue weighted by Gasteiger charge is -2.24. The number of hydrogen-bond donors (Lipinski definition) is 0. The zero-order valence-electron chi connectivity index (χ0n) is 15.5. The van der Waals surface area contributed by atoms with Crippen molar-refractivity contribution in [2.24, 2.45) is 0 Å². The molecule has 0 N–H and O–H groups in total. The minimum atomic E-state index is -3.73. The number of halogens is 2. The number of nitrogens with zero attached hydrogens (tertiary/aromatic N) is 1. The molecule has 0 aliphatic heterocycles. The summed E-state index contributed by atoms with van der Waals surface area (Å²) in [5.41, 5.74) is 0.798. The van der Waals surface area contributed by atoms with Gasteiger partial charge in [0.25, 0.3) is 5.91 Å². The molecule has 2 aromatic rings. The first-order valence-corrected chi connectivity index (χ1v) is 10.8. The van der Waals surface area contributed by atoms with Crippen molar-refractivity contribution < 1.29 is 22.1 Å². The molecule has 0 bridgehead atoms. The van der Waals surface area contributed by atoms with Gasteiger partial charge in [0.1, 0.15) is 5.75 Å². The van der Waals surface area contributed by atoms with Crippen molar-refractivity contribution >= 4 is 39.2 Å². The molecule has 0 atom stereocenters. The monoisotopic (exact) mass is 445 g/mol. The van der Waals surface area contributed by atoms with Crippen LogP contribution in [-0.2, 0) is 21.4 Å². The van der Waals surface area contributed by atoms with Crippen molar-refractivity contribution in [2.75, 3.05) is 26.0 Å². The van der Waals surface area contributed by atoms with Crippen molar-refractivity contribution in [1.82, 2.24) is 4.90 Å². The van der Waals surface area contributed by atoms with Gasteiger partial charge < -0.3 is 13.8 Å². The number of amides is 1. The first-order chi connectivity index (χ1) is 13.3. The Morgan fingerprint density at radius 3 is 2.50 bits per heavy atom. The average Bonchev–Trinajstić information content (AvgIpc) is 2.67. The second-order valence-corrected chi connectivity index (χ2v) is 8.58. The van der Waals surface area contributed by atoms with Crippen molar-refractivity contribution in [3.63, 3.8) is 0 Å². The fourth-order valence-corrected chi connectivity index (χ4v) is 3.38. The van der Waals surface area contributed by atoms with Gasteiger partial charge in [0, 0.05) is 30.8 Å². The normalized spacial score (nSPS) is 11.3. The fraction of sp³-hybridized carbons (Fsp3) is 0.316. The van der Waals surface area contributed by atoms with Crippen LogP contribution < -0.4 is 4.18 Å². The Morgan fingerprint density at radius 1 is 1.14 bits per heavy atom. The maximum absolute atomic E-state index is 13.0. The van der Waals surface area contributed by atoms with Gasteiger partial charge in [-0.1, -0.05) is 35.3 Å². The summed E-state index contributed by atoms with van der Waals surface area (Å²) in [6.07, 6.45) is 0. The third-order valence-electron chi connectivity index (χ3n) is 3.91. The van der Waals surface area contributed by atoms with Crippen LogP contribution in [-0.4, -0.2) is 45.2 Å². The zero-order valence-corrected chi connectivity index (χ0v) is 17.9. The van der Waals surface area contributed by atoms with E-state index >= 15 is 0 Å². The van der Waals surface area contributed by atoms with Gasteiger partial charge in [0.2, 0.25) is 0 Å². The van der Waals surface area contributed by atoms with Gasteiger partial charge in [-0.3, -0.25) is 4.79 Å². The summed E-state index contributed by atoms with van der Waals surface area (Å²) in [6.45, 7) is 2.12. The van der Waals surface area contributed by atoms with Crippen LogP contribution >= 0.6 is 23.2 Å². The lowest BCUT2D eigenvalue weighted by molar-refractivity contribution is 0.0680. The molecule has 6 nitrogen and oxygen atoms in total. The Labute approximate surface area is 175 Å². The lowest BCUT2D eigenvalue weighted by atomic mass is 10.1. The molecule has 28 heavy (non-hydrogen) atoms. The highest BCUT2D eigenvalue weighted by Gasteiger charge is 2.21. The first kappa shape index (κ1) is 22.5. The van der Waals surface area contributed by atoms with E-state index in [1.807, 2.05) is 0 Å². The van der Waals surface area contributed by atoms with E-state index in [4.69, 9.17) is 32.1 Å². The maximum atomic E-state index is 13.0. The Morgan fingerprint density at radius 2 is 1.86 bits per heavy atom. The van der Waals surface area contributed by atoms with Gasteiger partial charge >= 0.3 is 10.1 Å². The van der Waals surface area contributed by atoms with E-state index in [0.717, 1.165) is 0 Å². The van der Waals surface area contributed by atoms with E-state index in [9.17, 15) is 13.2 Å². The molecule has 0 spiro atoms. The molecular formula is C19H21Cl2NO5S. The zero-order chi connectivity index (χ0) is 20.7. The molecule has 0 unspecified atom stereocenters. The quantitative estimate of drug-likeness (QED) is 0.545. The number of ether oxygens (including phenoxy) is 1. The largest absolute Gasteiger partial charge is 0.383 e. The van der Waals surface area contributed by atoms with Crippen LogP contribution in [0.4, 0.5) is 0 Å². The standard InChI is InChI=1S/C19H21Cl2NO5S/c1-3-28(24,25)27-18-9-8-15(20)12-14(18)13-22(10-11-26-2)19(23)16-6-4-5-7-17(16)21/h4-9,12H,3,10-11,13H2,1-2H3. The molecule has 152 valence electrons. The van der Waals surface area contributed by atoms with E-state index in [1.54, 1.807) is 30.3 Å². The number of rotatable bonds is 9. The number of carbonyl (C=O) groups excluding carboxylic acids is 1. The van der Waals surface area contributed by atoms with E-state index < -0.39 is 10.1 Å². The average molecular weight is 446 g/mol. The number of hydrogen-bond acceptors (Lipinski definition) is 5. The molecule has 2 rings (SSSR count). The van der Waals surface area contributed by atoms with Crippen LogP contribution in [0.5, 0.6) is 5.75 Å². The molecule has 9 heteroatoms. The number of methoxy groups -OCH3 is 1. The summed E-state index contributed by atoms with van der Waals surface area (Å²) in [5.74, 6) is -0.367. The van der Waals surface area contributed by atoms with Crippen molar-refractivity contribution in [2.45, 2.75) is 13.5 Å². The fourth-order valence-electron chi connectivity index (χ4n) is 2.41. The molecule has 0 aromatic heterocycles. The molecule has 0 saturated carbocycles. The third-order valence-corrected chi connectivity index (χ3v) is 5.62. The predicted molar refractivity (Wildman–Crippen MR) is 110 cm³/mol. The SMILES string of the molecule is CCS(=O)(=O)Oc1ccc(Cl)cc1CN(CCOC)C(=O)c1ccccc1Cl. The Balaban J connectivity index is 2.38. The molecule has 0 heterocycles. The third kappa shape index (κ3) is 6.10. The number of carbonyl (C=O) groups is 1. The van der Waals surface area contributed by atoms with Crippen molar-refractivity contribution in [3.05, 3.63) is 63.6 Å². The highest BCUT2D eigenvalue weighted by molar-refractivity contribution is 7.87. The highest BCUT2D eigenvalue weighted by atomic mass is 35.5. The van der Waals surface area contributed by atoms with Crippen LogP contribution in [0.25, 0.3) is 0 Å². The van der Waals surface area contributed by atoms with Crippen molar-refractivity contribution in [1.29, 1.82) is 0 Å². The van der Waals surface area contributed by atoms with E-state index in [0.29, 0.717) is 27.8 Å². The molecule has 0 aliphatic rings. The minimum Gasteiger partial charge on any atom is -0.383 e. The summed E-state index contributed by atoms with van der Waals surface area (Å²) in [5, 5.41) is 0.721. The van der Waals surface area contributed by atoms with Gasteiger partial charge in [-0.25, -0.2) is 0 Å². The molecule has 0 saturated heterocycles. The highest BCUT2D eigenvalue weighted by Crippen LogP contribution is 2.27. The molecule has 0 aliphatic carbocycles. The summed E-state index contributed by atoms with van der Waals surface area (Å²) in [4.78, 5) is 14.5. The molecule has 0 fully saturated rings. The second-order valence-electron chi connectivity index (χ2n) is 5.88. The summed E-state index contributed by atoms with van der Waals surface area (Å²) >= 11 is 12.2. The van der Waals surface area contributed by atoms with Gasteiger partial charge in [0.15, 0.2) is 0 Å². The van der Waals surface area contributed by atoms with Crippen LogP contribution in [0.3, 0.4) is 0 Å². The summed E-state index contributed by atoms with van der Waals surface area (Å²) in [7, 11) is -2.20. The molecule has 1 amide bonds.